The summed E-state index contributed by atoms with van der Waals surface area (Å²) < 4.78 is 25.5. The Bertz CT molecular complexity index is 885. The van der Waals surface area contributed by atoms with Crippen molar-refractivity contribution >= 4 is 11.3 Å². The van der Waals surface area contributed by atoms with Gasteiger partial charge in [-0.25, -0.2) is 4.39 Å². The van der Waals surface area contributed by atoms with Gasteiger partial charge in [0.1, 0.15) is 11.9 Å². The maximum Gasteiger partial charge on any atom is 0.209 e. The average Bonchev–Trinajstić information content (AvgIpc) is 3.22. The van der Waals surface area contributed by atoms with Crippen molar-refractivity contribution < 1.29 is 18.7 Å². The minimum absolute atomic E-state index is 0.153. The number of ether oxygens (including phenoxy) is 2. The number of hydrogen-bond acceptors (Lipinski definition) is 3. The number of rotatable bonds is 4. The van der Waals surface area contributed by atoms with E-state index in [0.29, 0.717) is 11.3 Å². The summed E-state index contributed by atoms with van der Waals surface area (Å²) in [6, 6.07) is 13.1. The molecule has 4 rings (SSSR count). The molecule has 0 bridgehead atoms. The summed E-state index contributed by atoms with van der Waals surface area (Å²) >= 11 is 0. The molecule has 1 aromatic carbocycles. The molecule has 3 heterocycles. The van der Waals surface area contributed by atoms with Crippen LogP contribution < -0.4 is 0 Å². The van der Waals surface area contributed by atoms with E-state index in [4.69, 9.17) is 9.47 Å². The SMILES string of the molecule is COC1OC1c1cc(C(=O)c2ccc(F)cc2)n2cccc2c1. The second-order valence-corrected chi connectivity index (χ2v) is 5.47. The Labute approximate surface area is 132 Å². The van der Waals surface area contributed by atoms with E-state index in [1.807, 2.05) is 34.9 Å². The van der Waals surface area contributed by atoms with Gasteiger partial charge in [0.15, 0.2) is 6.29 Å². The topological polar surface area (TPSA) is 43.2 Å². The Kier molecular flexibility index (Phi) is 3.25. The lowest BCUT2D eigenvalue weighted by Crippen LogP contribution is -2.08. The van der Waals surface area contributed by atoms with Crippen molar-refractivity contribution in [1.29, 1.82) is 0 Å². The second kappa shape index (κ2) is 5.30. The summed E-state index contributed by atoms with van der Waals surface area (Å²) in [5.74, 6) is -0.529. The maximum atomic E-state index is 13.1. The van der Waals surface area contributed by atoms with Crippen LogP contribution in [0.4, 0.5) is 4.39 Å². The van der Waals surface area contributed by atoms with E-state index in [-0.39, 0.29) is 24.0 Å². The summed E-state index contributed by atoms with van der Waals surface area (Å²) in [7, 11) is 1.59. The van der Waals surface area contributed by atoms with Crippen molar-refractivity contribution in [3.05, 3.63) is 77.4 Å². The highest BCUT2D eigenvalue weighted by atomic mass is 19.1. The summed E-state index contributed by atoms with van der Waals surface area (Å²) in [6.45, 7) is 0. The first-order valence-corrected chi connectivity index (χ1v) is 7.27. The van der Waals surface area contributed by atoms with Gasteiger partial charge in [-0.15, -0.1) is 0 Å². The van der Waals surface area contributed by atoms with Gasteiger partial charge in [-0.05, 0) is 54.1 Å². The lowest BCUT2D eigenvalue weighted by molar-refractivity contribution is 0.0949. The van der Waals surface area contributed by atoms with E-state index >= 15 is 0 Å². The van der Waals surface area contributed by atoms with Crippen molar-refractivity contribution in [3.63, 3.8) is 0 Å². The Morgan fingerprint density at radius 1 is 1.22 bits per heavy atom. The number of fused-ring (bicyclic) bond motifs is 1. The Balaban J connectivity index is 1.80. The molecule has 5 heteroatoms. The predicted molar refractivity (Wildman–Crippen MR) is 81.9 cm³/mol. The molecule has 0 spiro atoms. The molecular formula is C18H14FNO3. The van der Waals surface area contributed by atoms with E-state index < -0.39 is 0 Å². The largest absolute Gasteiger partial charge is 0.353 e. The molecule has 1 saturated heterocycles. The fraction of sp³-hybridized carbons (Fsp3) is 0.167. The number of benzene rings is 1. The van der Waals surface area contributed by atoms with Crippen molar-refractivity contribution in [2.45, 2.75) is 12.4 Å². The van der Waals surface area contributed by atoms with Crippen LogP contribution in [-0.4, -0.2) is 23.6 Å². The van der Waals surface area contributed by atoms with Gasteiger partial charge in [0.05, 0.1) is 5.69 Å². The number of pyridine rings is 1. The molecule has 0 radical (unpaired) electrons. The van der Waals surface area contributed by atoms with Crippen molar-refractivity contribution in [2.75, 3.05) is 7.11 Å². The molecule has 1 aliphatic rings. The van der Waals surface area contributed by atoms with Crippen LogP contribution in [0.15, 0.2) is 54.7 Å². The molecule has 1 fully saturated rings. The molecule has 0 amide bonds. The van der Waals surface area contributed by atoms with E-state index in [1.54, 1.807) is 7.11 Å². The number of halogens is 1. The summed E-state index contributed by atoms with van der Waals surface area (Å²) in [5.41, 5.74) is 2.75. The molecule has 4 nitrogen and oxygen atoms in total. The van der Waals surface area contributed by atoms with Gasteiger partial charge in [0, 0.05) is 24.4 Å². The number of hydrogen-bond donors (Lipinski definition) is 0. The molecular weight excluding hydrogens is 297 g/mol. The third-order valence-electron chi connectivity index (χ3n) is 4.01. The second-order valence-electron chi connectivity index (χ2n) is 5.47. The predicted octanol–water partition coefficient (Wildman–Crippen LogP) is 3.35. The summed E-state index contributed by atoms with van der Waals surface area (Å²) in [5, 5.41) is 0. The zero-order chi connectivity index (χ0) is 16.0. The molecule has 116 valence electrons. The number of epoxide rings is 1. The number of carbonyl (C=O) groups excluding carboxylic acids is 1. The average molecular weight is 311 g/mol. The van der Waals surface area contributed by atoms with Crippen LogP contribution in [0.3, 0.4) is 0 Å². The zero-order valence-electron chi connectivity index (χ0n) is 12.4. The van der Waals surface area contributed by atoms with Gasteiger partial charge in [0.2, 0.25) is 5.78 Å². The minimum atomic E-state index is -0.365. The number of nitrogens with zero attached hydrogens (tertiary/aromatic N) is 1. The molecule has 1 aliphatic heterocycles. The molecule has 2 unspecified atom stereocenters. The first-order valence-electron chi connectivity index (χ1n) is 7.27. The first-order chi connectivity index (χ1) is 11.2. The van der Waals surface area contributed by atoms with E-state index in [2.05, 4.69) is 0 Å². The fourth-order valence-corrected chi connectivity index (χ4v) is 2.77. The highest BCUT2D eigenvalue weighted by Gasteiger charge is 2.41. The molecule has 23 heavy (non-hydrogen) atoms. The van der Waals surface area contributed by atoms with Crippen LogP contribution in [0.5, 0.6) is 0 Å². The van der Waals surface area contributed by atoms with Gasteiger partial charge in [-0.1, -0.05) is 0 Å². The van der Waals surface area contributed by atoms with Gasteiger partial charge >= 0.3 is 0 Å². The maximum absolute atomic E-state index is 13.1. The van der Waals surface area contributed by atoms with E-state index in [0.717, 1.165) is 11.1 Å². The highest BCUT2D eigenvalue weighted by Crippen LogP contribution is 2.39. The Hall–Kier alpha value is -2.50. The number of methoxy groups -OCH3 is 1. The van der Waals surface area contributed by atoms with Crippen LogP contribution in [0.2, 0.25) is 0 Å². The van der Waals surface area contributed by atoms with Crippen molar-refractivity contribution in [1.82, 2.24) is 4.40 Å². The number of ketones is 1. The van der Waals surface area contributed by atoms with Gasteiger partial charge in [-0.2, -0.15) is 0 Å². The third-order valence-corrected chi connectivity index (χ3v) is 4.01. The first kappa shape index (κ1) is 14.1. The van der Waals surface area contributed by atoms with Crippen molar-refractivity contribution in [3.8, 4) is 0 Å². The molecule has 2 aromatic heterocycles. The third kappa shape index (κ3) is 2.44. The molecule has 2 atom stereocenters. The lowest BCUT2D eigenvalue weighted by atomic mass is 10.0. The molecule has 3 aromatic rings. The molecule has 0 aliphatic carbocycles. The number of aromatic nitrogens is 1. The monoisotopic (exact) mass is 311 g/mol. The van der Waals surface area contributed by atoms with Crippen LogP contribution >= 0.6 is 0 Å². The van der Waals surface area contributed by atoms with Crippen LogP contribution in [0.25, 0.3) is 5.52 Å². The smallest absolute Gasteiger partial charge is 0.209 e. The fourth-order valence-electron chi connectivity index (χ4n) is 2.77. The van der Waals surface area contributed by atoms with Gasteiger partial charge < -0.3 is 13.9 Å². The van der Waals surface area contributed by atoms with Crippen molar-refractivity contribution in [2.24, 2.45) is 0 Å². The van der Waals surface area contributed by atoms with Gasteiger partial charge in [-0.3, -0.25) is 4.79 Å². The minimum Gasteiger partial charge on any atom is -0.353 e. The standard InChI is InChI=1S/C18H14FNO3/c1-22-18-17(23-18)12-9-14-3-2-8-20(14)15(10-12)16(21)11-4-6-13(19)7-5-11/h2-10,17-18H,1H3. The Morgan fingerprint density at radius 2 is 2.00 bits per heavy atom. The summed E-state index contributed by atoms with van der Waals surface area (Å²) in [6.07, 6.45) is 1.41. The quantitative estimate of drug-likeness (QED) is 0.548. The van der Waals surface area contributed by atoms with Crippen LogP contribution in [0, 0.1) is 5.82 Å². The highest BCUT2D eigenvalue weighted by molar-refractivity contribution is 6.08. The lowest BCUT2D eigenvalue weighted by Gasteiger charge is -2.08. The van der Waals surface area contributed by atoms with Crippen LogP contribution in [-0.2, 0) is 9.47 Å². The Morgan fingerprint density at radius 3 is 2.70 bits per heavy atom. The van der Waals surface area contributed by atoms with Crippen LogP contribution in [0.1, 0.15) is 27.7 Å². The molecule has 0 N–H and O–H groups in total. The normalized spacial score (nSPS) is 19.9. The number of carbonyl (C=O) groups is 1. The van der Waals surface area contributed by atoms with E-state index in [9.17, 15) is 9.18 Å². The molecule has 0 saturated carbocycles. The zero-order valence-corrected chi connectivity index (χ0v) is 12.4. The van der Waals surface area contributed by atoms with E-state index in [1.165, 1.54) is 24.3 Å². The van der Waals surface area contributed by atoms with Gasteiger partial charge in [0.25, 0.3) is 0 Å². The summed E-state index contributed by atoms with van der Waals surface area (Å²) in [4.78, 5) is 12.8.